The second-order valence-corrected chi connectivity index (χ2v) is 5.54. The van der Waals surface area contributed by atoms with Crippen molar-refractivity contribution in [1.82, 2.24) is 9.88 Å². The number of nitrogens with zero attached hydrogens (tertiary/aromatic N) is 1. The molecule has 2 heteroatoms. The topological polar surface area (TPSA) is 19.0 Å². The van der Waals surface area contributed by atoms with Gasteiger partial charge in [-0.05, 0) is 43.4 Å². The van der Waals surface area contributed by atoms with Gasteiger partial charge in [-0.15, -0.1) is 0 Å². The van der Waals surface area contributed by atoms with Crippen LogP contribution in [0.2, 0.25) is 0 Å². The van der Waals surface area contributed by atoms with E-state index in [1.165, 1.54) is 48.8 Å². The second-order valence-electron chi connectivity index (χ2n) is 5.54. The van der Waals surface area contributed by atoms with Crippen LogP contribution in [0.3, 0.4) is 0 Å². The van der Waals surface area contributed by atoms with Gasteiger partial charge in [0.05, 0.1) is 0 Å². The fourth-order valence-electron chi connectivity index (χ4n) is 2.72. The molecule has 1 saturated carbocycles. The zero-order valence-electron chi connectivity index (χ0n) is 11.2. The van der Waals surface area contributed by atoms with Crippen molar-refractivity contribution in [2.45, 2.75) is 32.7 Å². The van der Waals surface area contributed by atoms with Gasteiger partial charge in [-0.1, -0.05) is 25.1 Å². The quantitative estimate of drug-likeness (QED) is 0.816. The lowest BCUT2D eigenvalue weighted by Gasteiger charge is -2.21. The first kappa shape index (κ1) is 11.8. The number of hydrogen-bond donors (Lipinski definition) is 1. The smallest absolute Gasteiger partial charge is 0.0457 e. The van der Waals surface area contributed by atoms with Gasteiger partial charge in [-0.3, -0.25) is 4.90 Å². The maximum Gasteiger partial charge on any atom is 0.0457 e. The first-order valence-corrected chi connectivity index (χ1v) is 7.14. The third-order valence-electron chi connectivity index (χ3n) is 3.82. The van der Waals surface area contributed by atoms with Crippen molar-refractivity contribution in [3.05, 3.63) is 36.0 Å². The highest BCUT2D eigenvalue weighted by molar-refractivity contribution is 5.82. The van der Waals surface area contributed by atoms with Crippen LogP contribution in [0.4, 0.5) is 0 Å². The standard InChI is InChI=1S/C16H22N2/c1-2-9-18(11-13-7-8-13)12-14-10-17-16-6-4-3-5-15(14)16/h3-6,10,13,17H,2,7-9,11-12H2,1H3. The first-order chi connectivity index (χ1) is 8.86. The van der Waals surface area contributed by atoms with Crippen LogP contribution in [-0.4, -0.2) is 23.0 Å². The van der Waals surface area contributed by atoms with Gasteiger partial charge in [-0.25, -0.2) is 0 Å². The van der Waals surface area contributed by atoms with Gasteiger partial charge in [0.15, 0.2) is 0 Å². The van der Waals surface area contributed by atoms with E-state index in [1.807, 2.05) is 0 Å². The predicted octanol–water partition coefficient (Wildman–Crippen LogP) is 3.79. The number of rotatable bonds is 6. The number of nitrogens with one attached hydrogen (secondary N) is 1. The molecule has 0 spiro atoms. The molecule has 0 radical (unpaired) electrons. The fraction of sp³-hybridized carbons (Fsp3) is 0.500. The van der Waals surface area contributed by atoms with Crippen LogP contribution >= 0.6 is 0 Å². The third kappa shape index (κ3) is 2.59. The lowest BCUT2D eigenvalue weighted by atomic mass is 10.1. The summed E-state index contributed by atoms with van der Waals surface area (Å²) < 4.78 is 0. The molecule has 1 heterocycles. The van der Waals surface area contributed by atoms with E-state index in [0.29, 0.717) is 0 Å². The van der Waals surface area contributed by atoms with Gasteiger partial charge in [0.1, 0.15) is 0 Å². The van der Waals surface area contributed by atoms with E-state index in [4.69, 9.17) is 0 Å². The summed E-state index contributed by atoms with van der Waals surface area (Å²) in [5.74, 6) is 0.974. The minimum atomic E-state index is 0.974. The summed E-state index contributed by atoms with van der Waals surface area (Å²) in [7, 11) is 0. The Morgan fingerprint density at radius 1 is 1.28 bits per heavy atom. The normalized spacial score (nSPS) is 15.7. The maximum absolute atomic E-state index is 3.38. The van der Waals surface area contributed by atoms with Gasteiger partial charge >= 0.3 is 0 Å². The number of hydrogen-bond acceptors (Lipinski definition) is 1. The van der Waals surface area contributed by atoms with Crippen LogP contribution in [0, 0.1) is 5.92 Å². The molecule has 1 N–H and O–H groups in total. The summed E-state index contributed by atoms with van der Waals surface area (Å²) in [6.45, 7) is 5.87. The average molecular weight is 242 g/mol. The molecule has 2 aromatic rings. The molecule has 1 aromatic heterocycles. The predicted molar refractivity (Wildman–Crippen MR) is 76.6 cm³/mol. The number of fused-ring (bicyclic) bond motifs is 1. The molecule has 1 aliphatic carbocycles. The van der Waals surface area contributed by atoms with Crippen LogP contribution in [0.1, 0.15) is 31.7 Å². The molecule has 0 bridgehead atoms. The van der Waals surface area contributed by atoms with Crippen molar-refractivity contribution < 1.29 is 0 Å². The summed E-state index contributed by atoms with van der Waals surface area (Å²) in [5, 5.41) is 1.38. The van der Waals surface area contributed by atoms with Gasteiger partial charge in [0.25, 0.3) is 0 Å². The number of para-hydroxylation sites is 1. The van der Waals surface area contributed by atoms with E-state index >= 15 is 0 Å². The van der Waals surface area contributed by atoms with Crippen molar-refractivity contribution >= 4 is 10.9 Å². The number of aromatic nitrogens is 1. The Morgan fingerprint density at radius 2 is 2.11 bits per heavy atom. The Balaban J connectivity index is 1.76. The molecule has 0 unspecified atom stereocenters. The van der Waals surface area contributed by atoms with Crippen molar-refractivity contribution in [3.8, 4) is 0 Å². The molecule has 3 rings (SSSR count). The summed E-state index contributed by atoms with van der Waals surface area (Å²) in [4.78, 5) is 6.00. The first-order valence-electron chi connectivity index (χ1n) is 7.14. The summed E-state index contributed by atoms with van der Waals surface area (Å²) >= 11 is 0. The van der Waals surface area contributed by atoms with Crippen molar-refractivity contribution in [1.29, 1.82) is 0 Å². The highest BCUT2D eigenvalue weighted by Crippen LogP contribution is 2.30. The summed E-state index contributed by atoms with van der Waals surface area (Å²) in [6, 6.07) is 8.60. The molecule has 0 aliphatic heterocycles. The number of benzene rings is 1. The molecular formula is C16H22N2. The minimum Gasteiger partial charge on any atom is -0.361 e. The molecule has 1 aliphatic rings. The van der Waals surface area contributed by atoms with Crippen LogP contribution in [0.25, 0.3) is 10.9 Å². The van der Waals surface area contributed by atoms with Crippen LogP contribution in [0.5, 0.6) is 0 Å². The van der Waals surface area contributed by atoms with Gasteiger partial charge in [-0.2, -0.15) is 0 Å². The summed E-state index contributed by atoms with van der Waals surface area (Å²) in [6.07, 6.45) is 6.30. The van der Waals surface area contributed by atoms with Crippen LogP contribution in [-0.2, 0) is 6.54 Å². The Bertz CT molecular complexity index is 511. The average Bonchev–Trinajstić information content (AvgIpc) is 3.11. The van der Waals surface area contributed by atoms with Gasteiger partial charge < -0.3 is 4.98 Å². The Labute approximate surface area is 109 Å². The van der Waals surface area contributed by atoms with Gasteiger partial charge in [0.2, 0.25) is 0 Å². The Hall–Kier alpha value is -1.28. The zero-order chi connectivity index (χ0) is 12.4. The summed E-state index contributed by atoms with van der Waals surface area (Å²) in [5.41, 5.74) is 2.70. The molecular weight excluding hydrogens is 220 g/mol. The second kappa shape index (κ2) is 5.15. The third-order valence-corrected chi connectivity index (χ3v) is 3.82. The highest BCUT2D eigenvalue weighted by Gasteiger charge is 2.24. The van der Waals surface area contributed by atoms with E-state index in [0.717, 1.165) is 12.5 Å². The van der Waals surface area contributed by atoms with Crippen LogP contribution < -0.4 is 0 Å². The molecule has 0 saturated heterocycles. The van der Waals surface area contributed by atoms with Crippen molar-refractivity contribution in [2.75, 3.05) is 13.1 Å². The molecule has 0 amide bonds. The molecule has 1 fully saturated rings. The molecule has 96 valence electrons. The Kier molecular flexibility index (Phi) is 3.37. The minimum absolute atomic E-state index is 0.974. The van der Waals surface area contributed by atoms with E-state index in [1.54, 1.807) is 0 Å². The van der Waals surface area contributed by atoms with Gasteiger partial charge in [0, 0.05) is 30.2 Å². The molecule has 2 nitrogen and oxygen atoms in total. The Morgan fingerprint density at radius 3 is 2.89 bits per heavy atom. The van der Waals surface area contributed by atoms with Crippen LogP contribution in [0.15, 0.2) is 30.5 Å². The zero-order valence-corrected chi connectivity index (χ0v) is 11.2. The largest absolute Gasteiger partial charge is 0.361 e. The van der Waals surface area contributed by atoms with Crippen molar-refractivity contribution in [2.24, 2.45) is 5.92 Å². The lowest BCUT2D eigenvalue weighted by Crippen LogP contribution is -2.26. The van der Waals surface area contributed by atoms with E-state index in [-0.39, 0.29) is 0 Å². The van der Waals surface area contributed by atoms with E-state index in [9.17, 15) is 0 Å². The SMILES string of the molecule is CCCN(Cc1c[nH]c2ccccc12)CC1CC1. The maximum atomic E-state index is 3.38. The van der Waals surface area contributed by atoms with Crippen molar-refractivity contribution in [3.63, 3.8) is 0 Å². The van der Waals surface area contributed by atoms with E-state index < -0.39 is 0 Å². The lowest BCUT2D eigenvalue weighted by molar-refractivity contribution is 0.256. The monoisotopic (exact) mass is 242 g/mol. The van der Waals surface area contributed by atoms with E-state index in [2.05, 4.69) is 47.3 Å². The number of H-pyrrole nitrogens is 1. The highest BCUT2D eigenvalue weighted by atomic mass is 15.1. The molecule has 0 atom stereocenters. The fourth-order valence-corrected chi connectivity index (χ4v) is 2.72. The molecule has 1 aromatic carbocycles. The number of aromatic amines is 1. The molecule has 18 heavy (non-hydrogen) atoms.